The Morgan fingerprint density at radius 2 is 1.54 bits per heavy atom. The summed E-state index contributed by atoms with van der Waals surface area (Å²) < 4.78 is 32.2. The van der Waals surface area contributed by atoms with Gasteiger partial charge in [-0.05, 0) is 12.5 Å². The minimum absolute atomic E-state index is 0.149. The van der Waals surface area contributed by atoms with Crippen molar-refractivity contribution in [3.63, 3.8) is 0 Å². The average Bonchev–Trinajstić information content (AvgIpc) is 2.77. The highest BCUT2D eigenvalue weighted by molar-refractivity contribution is 5.77. The Kier molecular flexibility index (Phi) is 9.51. The Labute approximate surface area is 200 Å². The van der Waals surface area contributed by atoms with Crippen LogP contribution in [-0.2, 0) is 49.3 Å². The molecule has 1 aromatic rings. The standard InChI is InChI=1S/C22H27NO12/c1-6-7-14-10-15(23(28)29)8-9-16(14)34-22-20(33-13(4)26)18(32-12(3)25)17(31-11(2)24)19(35-22)21(27)30-5/h8-10,17-20,22H,6-7H2,1-5H3/t17-,18-,19-,20+,22+/m0/s1. The van der Waals surface area contributed by atoms with E-state index in [-0.39, 0.29) is 11.4 Å². The number of nitro groups is 1. The Balaban J connectivity index is 2.57. The predicted octanol–water partition coefficient (Wildman–Crippen LogP) is 1.62. The van der Waals surface area contributed by atoms with E-state index in [1.807, 2.05) is 6.92 Å². The zero-order valence-electron chi connectivity index (χ0n) is 19.9. The molecule has 13 nitrogen and oxygen atoms in total. The number of benzene rings is 1. The molecule has 2 rings (SSSR count). The van der Waals surface area contributed by atoms with Gasteiger partial charge >= 0.3 is 23.9 Å². The molecule has 1 aliphatic rings. The van der Waals surface area contributed by atoms with Gasteiger partial charge in [-0.1, -0.05) is 13.3 Å². The van der Waals surface area contributed by atoms with Crippen LogP contribution in [-0.4, -0.2) is 66.6 Å². The van der Waals surface area contributed by atoms with E-state index in [0.29, 0.717) is 18.4 Å². The molecule has 35 heavy (non-hydrogen) atoms. The van der Waals surface area contributed by atoms with E-state index >= 15 is 0 Å². The number of esters is 4. The van der Waals surface area contributed by atoms with Crippen molar-refractivity contribution in [2.45, 2.75) is 71.2 Å². The Hall–Kier alpha value is -3.74. The zero-order chi connectivity index (χ0) is 26.3. The Bertz CT molecular complexity index is 977. The number of carbonyl (C=O) groups is 4. The van der Waals surface area contributed by atoms with Crippen LogP contribution < -0.4 is 4.74 Å². The van der Waals surface area contributed by atoms with Gasteiger partial charge in [-0.3, -0.25) is 24.5 Å². The third-order valence-corrected chi connectivity index (χ3v) is 4.85. The van der Waals surface area contributed by atoms with Crippen molar-refractivity contribution in [3.8, 4) is 5.75 Å². The van der Waals surface area contributed by atoms with Crippen LogP contribution in [0.1, 0.15) is 39.7 Å². The highest BCUT2D eigenvalue weighted by Gasteiger charge is 2.55. The molecule has 0 radical (unpaired) electrons. The first-order valence-corrected chi connectivity index (χ1v) is 10.7. The van der Waals surface area contributed by atoms with E-state index < -0.39 is 59.5 Å². The summed E-state index contributed by atoms with van der Waals surface area (Å²) in [7, 11) is 1.07. The topological polar surface area (TPSA) is 167 Å². The van der Waals surface area contributed by atoms with E-state index in [1.165, 1.54) is 18.2 Å². The molecular weight excluding hydrogens is 470 g/mol. The Morgan fingerprint density at radius 3 is 2.06 bits per heavy atom. The number of methoxy groups -OCH3 is 1. The molecule has 1 heterocycles. The fraction of sp³-hybridized carbons (Fsp3) is 0.545. The lowest BCUT2D eigenvalue weighted by Gasteiger charge is -2.43. The molecule has 1 fully saturated rings. The van der Waals surface area contributed by atoms with Crippen LogP contribution in [0.3, 0.4) is 0 Å². The quantitative estimate of drug-likeness (QED) is 0.210. The van der Waals surface area contributed by atoms with Gasteiger partial charge in [-0.15, -0.1) is 0 Å². The summed E-state index contributed by atoms with van der Waals surface area (Å²) in [6.45, 7) is 5.08. The Morgan fingerprint density at radius 1 is 0.971 bits per heavy atom. The summed E-state index contributed by atoms with van der Waals surface area (Å²) in [5.41, 5.74) is 0.287. The maximum atomic E-state index is 12.5. The van der Waals surface area contributed by atoms with Crippen LogP contribution in [0.4, 0.5) is 5.69 Å². The van der Waals surface area contributed by atoms with Crippen LogP contribution in [0.2, 0.25) is 0 Å². The molecule has 0 aromatic heterocycles. The highest BCUT2D eigenvalue weighted by atomic mass is 16.7. The summed E-state index contributed by atoms with van der Waals surface area (Å²) in [5, 5.41) is 11.2. The summed E-state index contributed by atoms with van der Waals surface area (Å²) >= 11 is 0. The van der Waals surface area contributed by atoms with Gasteiger partial charge in [0.2, 0.25) is 12.4 Å². The minimum atomic E-state index is -1.61. The third-order valence-electron chi connectivity index (χ3n) is 4.85. The van der Waals surface area contributed by atoms with Crippen LogP contribution in [0.25, 0.3) is 0 Å². The largest absolute Gasteiger partial charge is 0.467 e. The molecule has 0 unspecified atom stereocenters. The second-order valence-corrected chi connectivity index (χ2v) is 7.59. The number of aryl methyl sites for hydroxylation is 1. The van der Waals surface area contributed by atoms with Crippen molar-refractivity contribution in [1.82, 2.24) is 0 Å². The van der Waals surface area contributed by atoms with Crippen molar-refractivity contribution in [3.05, 3.63) is 33.9 Å². The highest BCUT2D eigenvalue weighted by Crippen LogP contribution is 2.33. The molecule has 192 valence electrons. The maximum absolute atomic E-state index is 12.5. The minimum Gasteiger partial charge on any atom is -0.467 e. The molecule has 13 heteroatoms. The second kappa shape index (κ2) is 12.1. The SMILES string of the molecule is CCCc1cc([N+](=O)[O-])ccc1O[C@@H]1O[C@H](C(=O)OC)[C@@H](OC(C)=O)[C@H](OC(C)=O)[C@H]1OC(C)=O. The molecule has 1 aliphatic heterocycles. The van der Waals surface area contributed by atoms with Gasteiger partial charge < -0.3 is 28.4 Å². The first kappa shape index (κ1) is 27.5. The number of rotatable bonds is 9. The zero-order valence-corrected chi connectivity index (χ0v) is 19.9. The first-order chi connectivity index (χ1) is 16.5. The number of nitrogens with zero attached hydrogens (tertiary/aromatic N) is 1. The number of carbonyl (C=O) groups excluding carboxylic acids is 4. The van der Waals surface area contributed by atoms with Crippen molar-refractivity contribution < 1.29 is 52.5 Å². The van der Waals surface area contributed by atoms with Crippen LogP contribution in [0, 0.1) is 10.1 Å². The van der Waals surface area contributed by atoms with Gasteiger partial charge in [0, 0.05) is 38.5 Å². The van der Waals surface area contributed by atoms with Gasteiger partial charge in [0.15, 0.2) is 18.3 Å². The maximum Gasteiger partial charge on any atom is 0.339 e. The number of nitro benzene ring substituents is 1. The molecule has 0 aliphatic carbocycles. The molecule has 0 saturated carbocycles. The number of ether oxygens (including phenoxy) is 6. The van der Waals surface area contributed by atoms with Crippen molar-refractivity contribution >= 4 is 29.6 Å². The number of hydrogen-bond acceptors (Lipinski definition) is 12. The lowest BCUT2D eigenvalue weighted by Crippen LogP contribution is -2.64. The lowest BCUT2D eigenvalue weighted by atomic mass is 9.97. The summed E-state index contributed by atoms with van der Waals surface area (Å²) in [6, 6.07) is 3.87. The van der Waals surface area contributed by atoms with Crippen LogP contribution in [0.15, 0.2) is 18.2 Å². The third kappa shape index (κ3) is 7.12. The van der Waals surface area contributed by atoms with E-state index in [1.54, 1.807) is 0 Å². The van der Waals surface area contributed by atoms with Gasteiger partial charge in [-0.25, -0.2) is 4.79 Å². The summed E-state index contributed by atoms with van der Waals surface area (Å²) in [6.07, 6.45) is -6.66. The molecule has 1 saturated heterocycles. The molecule has 0 spiro atoms. The number of non-ortho nitro benzene ring substituents is 1. The molecule has 0 bridgehead atoms. The van der Waals surface area contributed by atoms with Gasteiger partial charge in [0.25, 0.3) is 5.69 Å². The van der Waals surface area contributed by atoms with Gasteiger partial charge in [0.1, 0.15) is 5.75 Å². The van der Waals surface area contributed by atoms with Crippen molar-refractivity contribution in [2.24, 2.45) is 0 Å². The predicted molar refractivity (Wildman–Crippen MR) is 115 cm³/mol. The van der Waals surface area contributed by atoms with E-state index in [9.17, 15) is 29.3 Å². The van der Waals surface area contributed by atoms with E-state index in [0.717, 1.165) is 27.9 Å². The molecule has 0 amide bonds. The lowest BCUT2D eigenvalue weighted by molar-refractivity contribution is -0.385. The normalized spacial score (nSPS) is 23.5. The summed E-state index contributed by atoms with van der Waals surface area (Å²) in [4.78, 5) is 58.6. The van der Waals surface area contributed by atoms with Crippen molar-refractivity contribution in [1.29, 1.82) is 0 Å². The average molecular weight is 497 g/mol. The monoisotopic (exact) mass is 497 g/mol. The van der Waals surface area contributed by atoms with Gasteiger partial charge in [-0.2, -0.15) is 0 Å². The smallest absolute Gasteiger partial charge is 0.339 e. The summed E-state index contributed by atoms with van der Waals surface area (Å²) in [5.74, 6) is -3.28. The second-order valence-electron chi connectivity index (χ2n) is 7.59. The first-order valence-electron chi connectivity index (χ1n) is 10.7. The fourth-order valence-electron chi connectivity index (χ4n) is 3.56. The number of hydrogen-bond donors (Lipinski definition) is 0. The van der Waals surface area contributed by atoms with Crippen LogP contribution in [0.5, 0.6) is 5.75 Å². The molecule has 1 aromatic carbocycles. The van der Waals surface area contributed by atoms with Crippen molar-refractivity contribution in [2.75, 3.05) is 7.11 Å². The molecular formula is C22H27NO12. The van der Waals surface area contributed by atoms with Crippen LogP contribution >= 0.6 is 0 Å². The fourth-order valence-corrected chi connectivity index (χ4v) is 3.56. The molecule has 0 N–H and O–H groups in total. The molecule has 5 atom stereocenters. The van der Waals surface area contributed by atoms with Gasteiger partial charge in [0.05, 0.1) is 12.0 Å². The van der Waals surface area contributed by atoms with E-state index in [2.05, 4.69) is 0 Å². The van der Waals surface area contributed by atoms with E-state index in [4.69, 9.17) is 28.4 Å².